The highest BCUT2D eigenvalue weighted by Crippen LogP contribution is 2.20. The highest BCUT2D eigenvalue weighted by molar-refractivity contribution is 5.21. The molecule has 25 heavy (non-hydrogen) atoms. The summed E-state index contributed by atoms with van der Waals surface area (Å²) in [5, 5.41) is 8.11. The van der Waals surface area contributed by atoms with Gasteiger partial charge in [-0.1, -0.05) is 30.3 Å². The van der Waals surface area contributed by atoms with E-state index < -0.39 is 0 Å². The van der Waals surface area contributed by atoms with Crippen LogP contribution < -0.4 is 5.32 Å². The first kappa shape index (κ1) is 17.3. The number of rotatable bonds is 6. The average Bonchev–Trinajstić information content (AvgIpc) is 3.04. The van der Waals surface area contributed by atoms with Gasteiger partial charge in [-0.2, -0.15) is 5.10 Å². The summed E-state index contributed by atoms with van der Waals surface area (Å²) in [5.74, 6) is 0.809. The summed E-state index contributed by atoms with van der Waals surface area (Å²) in [6.45, 7) is 9.04. The van der Waals surface area contributed by atoms with Gasteiger partial charge in [0.05, 0.1) is 12.7 Å². The molecule has 3 aromatic rings. The lowest BCUT2D eigenvalue weighted by Crippen LogP contribution is -2.23. The normalized spacial score (nSPS) is 13.6. The van der Waals surface area contributed by atoms with Crippen molar-refractivity contribution in [1.82, 2.24) is 25.1 Å². The summed E-state index contributed by atoms with van der Waals surface area (Å²) in [5.41, 5.74) is 4.58. The summed E-state index contributed by atoms with van der Waals surface area (Å²) in [6.07, 6.45) is 5.96. The van der Waals surface area contributed by atoms with Gasteiger partial charge >= 0.3 is 0 Å². The zero-order chi connectivity index (χ0) is 17.8. The smallest absolute Gasteiger partial charge is 0.125 e. The summed E-state index contributed by atoms with van der Waals surface area (Å²) in [7, 11) is 0. The molecule has 5 nitrogen and oxygen atoms in total. The largest absolute Gasteiger partial charge is 0.303 e. The van der Waals surface area contributed by atoms with Gasteiger partial charge in [0, 0.05) is 41.3 Å². The monoisotopic (exact) mass is 335 g/mol. The number of hydrogen-bond donors (Lipinski definition) is 1. The Labute approximate surface area is 149 Å². The van der Waals surface area contributed by atoms with Crippen molar-refractivity contribution in [3.05, 3.63) is 77.1 Å². The van der Waals surface area contributed by atoms with Gasteiger partial charge in [-0.05, 0) is 33.3 Å². The summed E-state index contributed by atoms with van der Waals surface area (Å²) >= 11 is 0. The molecule has 0 aliphatic heterocycles. The van der Waals surface area contributed by atoms with E-state index in [9.17, 15) is 0 Å². The van der Waals surface area contributed by atoms with Crippen LogP contribution in [-0.4, -0.2) is 19.7 Å². The van der Waals surface area contributed by atoms with Crippen LogP contribution in [0.25, 0.3) is 0 Å². The van der Waals surface area contributed by atoms with Crippen LogP contribution in [0.1, 0.15) is 54.1 Å². The second-order valence-corrected chi connectivity index (χ2v) is 6.52. The van der Waals surface area contributed by atoms with Gasteiger partial charge in [0.25, 0.3) is 0 Å². The fourth-order valence-corrected chi connectivity index (χ4v) is 3.04. The third-order valence-electron chi connectivity index (χ3n) is 4.44. The predicted molar refractivity (Wildman–Crippen MR) is 99.2 cm³/mol. The zero-order valence-corrected chi connectivity index (χ0v) is 15.3. The molecule has 0 bridgehead atoms. The Bertz CT molecular complexity index is 825. The molecule has 0 saturated heterocycles. The highest BCUT2D eigenvalue weighted by Gasteiger charge is 2.15. The van der Waals surface area contributed by atoms with Crippen LogP contribution in [0.5, 0.6) is 0 Å². The van der Waals surface area contributed by atoms with Gasteiger partial charge in [0.1, 0.15) is 5.82 Å². The molecular formula is C20H25N5. The molecule has 1 aromatic carbocycles. The van der Waals surface area contributed by atoms with Crippen molar-refractivity contribution in [1.29, 1.82) is 0 Å². The molecular weight excluding hydrogens is 310 g/mol. The van der Waals surface area contributed by atoms with Gasteiger partial charge in [0.2, 0.25) is 0 Å². The molecule has 2 atom stereocenters. The van der Waals surface area contributed by atoms with Gasteiger partial charge in [-0.25, -0.2) is 9.97 Å². The first-order valence-corrected chi connectivity index (χ1v) is 8.65. The van der Waals surface area contributed by atoms with E-state index >= 15 is 0 Å². The van der Waals surface area contributed by atoms with Gasteiger partial charge < -0.3 is 5.32 Å². The minimum Gasteiger partial charge on any atom is -0.303 e. The van der Waals surface area contributed by atoms with E-state index in [1.807, 2.05) is 37.0 Å². The van der Waals surface area contributed by atoms with E-state index in [-0.39, 0.29) is 12.1 Å². The summed E-state index contributed by atoms with van der Waals surface area (Å²) in [4.78, 5) is 8.78. The van der Waals surface area contributed by atoms with Gasteiger partial charge in [0.15, 0.2) is 0 Å². The third-order valence-corrected chi connectivity index (χ3v) is 4.44. The van der Waals surface area contributed by atoms with Crippen molar-refractivity contribution in [3.8, 4) is 0 Å². The molecule has 0 unspecified atom stereocenters. The minimum atomic E-state index is 0.174. The fraction of sp³-hybridized carbons (Fsp3) is 0.350. The molecule has 0 aliphatic rings. The predicted octanol–water partition coefficient (Wildman–Crippen LogP) is 3.75. The topological polar surface area (TPSA) is 55.6 Å². The van der Waals surface area contributed by atoms with Crippen LogP contribution in [0.4, 0.5) is 0 Å². The molecule has 0 radical (unpaired) electrons. The van der Waals surface area contributed by atoms with Gasteiger partial charge in [-0.3, -0.25) is 4.68 Å². The molecule has 0 amide bonds. The Balaban J connectivity index is 1.66. The minimum absolute atomic E-state index is 0.174. The first-order chi connectivity index (χ1) is 12.0. The molecule has 1 N–H and O–H groups in total. The Morgan fingerprint density at radius 3 is 2.52 bits per heavy atom. The molecule has 3 rings (SSSR count). The van der Waals surface area contributed by atoms with Crippen LogP contribution in [0.15, 0.2) is 48.9 Å². The highest BCUT2D eigenvalue weighted by atomic mass is 15.3. The van der Waals surface area contributed by atoms with Crippen molar-refractivity contribution in [3.63, 3.8) is 0 Å². The lowest BCUT2D eigenvalue weighted by molar-refractivity contribution is 0.490. The second-order valence-electron chi connectivity index (χ2n) is 6.52. The summed E-state index contributed by atoms with van der Waals surface area (Å²) in [6, 6.07) is 10.7. The molecule has 0 aliphatic carbocycles. The van der Waals surface area contributed by atoms with Crippen LogP contribution >= 0.6 is 0 Å². The van der Waals surface area contributed by atoms with Crippen molar-refractivity contribution in [2.45, 2.75) is 46.3 Å². The van der Waals surface area contributed by atoms with Crippen molar-refractivity contribution in [2.24, 2.45) is 0 Å². The van der Waals surface area contributed by atoms with E-state index in [0.717, 1.165) is 23.6 Å². The molecule has 5 heteroatoms. The Hall–Kier alpha value is -2.53. The number of aryl methyl sites for hydroxylation is 2. The molecule has 2 aromatic heterocycles. The number of nitrogens with zero attached hydrogens (tertiary/aromatic N) is 4. The van der Waals surface area contributed by atoms with Crippen LogP contribution in [-0.2, 0) is 6.54 Å². The fourth-order valence-electron chi connectivity index (χ4n) is 3.04. The van der Waals surface area contributed by atoms with Crippen LogP contribution in [0, 0.1) is 13.8 Å². The number of benzene rings is 1. The standard InChI is InChI=1S/C20H25N5/c1-14(23-15(2)20-11-21-17(4)24-16(20)3)19-10-22-25(13-19)12-18-8-6-5-7-9-18/h5-11,13-15,23H,12H2,1-4H3/t14-,15+/m1/s1. The quantitative estimate of drug-likeness (QED) is 0.745. The van der Waals surface area contributed by atoms with Crippen molar-refractivity contribution in [2.75, 3.05) is 0 Å². The maximum Gasteiger partial charge on any atom is 0.125 e. The maximum atomic E-state index is 4.49. The Morgan fingerprint density at radius 1 is 1.04 bits per heavy atom. The van der Waals surface area contributed by atoms with Crippen LogP contribution in [0.2, 0.25) is 0 Å². The lowest BCUT2D eigenvalue weighted by Gasteiger charge is -2.20. The zero-order valence-electron chi connectivity index (χ0n) is 15.3. The average molecular weight is 335 g/mol. The molecule has 0 fully saturated rings. The Morgan fingerprint density at radius 2 is 1.80 bits per heavy atom. The van der Waals surface area contributed by atoms with Crippen LogP contribution in [0.3, 0.4) is 0 Å². The third kappa shape index (κ3) is 4.31. The molecule has 0 spiro atoms. The number of hydrogen-bond acceptors (Lipinski definition) is 4. The van der Waals surface area contributed by atoms with E-state index in [1.54, 1.807) is 0 Å². The second kappa shape index (κ2) is 7.57. The van der Waals surface area contributed by atoms with E-state index in [4.69, 9.17) is 0 Å². The SMILES string of the molecule is Cc1ncc([C@H](C)N[C@H](C)c2cnn(Cc3ccccc3)c2)c(C)n1. The molecule has 2 heterocycles. The number of aromatic nitrogens is 4. The molecule has 130 valence electrons. The van der Waals surface area contributed by atoms with Crippen molar-refractivity contribution < 1.29 is 0 Å². The number of nitrogens with one attached hydrogen (secondary N) is 1. The lowest BCUT2D eigenvalue weighted by atomic mass is 10.1. The first-order valence-electron chi connectivity index (χ1n) is 8.65. The van der Waals surface area contributed by atoms with E-state index in [1.165, 1.54) is 11.1 Å². The molecule has 0 saturated carbocycles. The van der Waals surface area contributed by atoms with E-state index in [0.29, 0.717) is 0 Å². The van der Waals surface area contributed by atoms with Gasteiger partial charge in [-0.15, -0.1) is 0 Å². The Kier molecular flexibility index (Phi) is 5.24. The van der Waals surface area contributed by atoms with E-state index in [2.05, 4.69) is 64.7 Å². The summed E-state index contributed by atoms with van der Waals surface area (Å²) < 4.78 is 1.98. The van der Waals surface area contributed by atoms with Crippen molar-refractivity contribution >= 4 is 0 Å². The maximum absolute atomic E-state index is 4.49.